The van der Waals surface area contributed by atoms with Crippen LogP contribution in [0.15, 0.2) is 18.2 Å². The minimum Gasteiger partial charge on any atom is -0.490 e. The van der Waals surface area contributed by atoms with Crippen molar-refractivity contribution in [1.82, 2.24) is 0 Å². The number of nitrogens with one attached hydrogen (secondary N) is 1. The molecule has 1 saturated heterocycles. The molecule has 21 heavy (non-hydrogen) atoms. The van der Waals surface area contributed by atoms with Gasteiger partial charge in [0.1, 0.15) is 5.69 Å². The van der Waals surface area contributed by atoms with E-state index in [1.54, 1.807) is 18.2 Å². The molecule has 3 rings (SSSR count). The van der Waals surface area contributed by atoms with E-state index in [9.17, 15) is 10.1 Å². The summed E-state index contributed by atoms with van der Waals surface area (Å²) in [5.74, 6) is 0.977. The molecule has 0 aromatic heterocycles. The van der Waals surface area contributed by atoms with E-state index in [1.165, 1.54) is 20.0 Å². The lowest BCUT2D eigenvalue weighted by Crippen LogP contribution is -2.35. The Morgan fingerprint density at radius 1 is 1.38 bits per heavy atom. The number of rotatable bonds is 5. The van der Waals surface area contributed by atoms with Gasteiger partial charge in [-0.05, 0) is 43.7 Å². The number of nitro groups is 1. The molecular formula is C15H20N2O4. The van der Waals surface area contributed by atoms with E-state index in [-0.39, 0.29) is 17.5 Å². The van der Waals surface area contributed by atoms with Gasteiger partial charge in [-0.1, -0.05) is 6.07 Å². The molecule has 1 saturated carbocycles. The van der Waals surface area contributed by atoms with Crippen molar-refractivity contribution in [1.29, 1.82) is 0 Å². The third-order valence-corrected chi connectivity index (χ3v) is 4.22. The van der Waals surface area contributed by atoms with Crippen LogP contribution in [0.4, 0.5) is 11.4 Å². The normalized spacial score (nSPS) is 25.4. The number of hydrogen-bond acceptors (Lipinski definition) is 5. The molecule has 0 bridgehead atoms. The number of para-hydroxylation sites is 1. The third-order valence-electron chi connectivity index (χ3n) is 4.22. The highest BCUT2D eigenvalue weighted by molar-refractivity contribution is 5.68. The van der Waals surface area contributed by atoms with Gasteiger partial charge in [0.2, 0.25) is 0 Å². The molecule has 2 aliphatic rings. The maximum absolute atomic E-state index is 11.3. The third kappa shape index (κ3) is 3.10. The van der Waals surface area contributed by atoms with Crippen LogP contribution in [-0.2, 0) is 4.74 Å². The molecular weight excluding hydrogens is 272 g/mol. The van der Waals surface area contributed by atoms with Gasteiger partial charge in [0, 0.05) is 12.6 Å². The predicted molar refractivity (Wildman–Crippen MR) is 78.8 cm³/mol. The topological polar surface area (TPSA) is 73.6 Å². The minimum atomic E-state index is -0.390. The number of ether oxygens (including phenoxy) is 2. The van der Waals surface area contributed by atoms with Crippen LogP contribution in [0.25, 0.3) is 0 Å². The van der Waals surface area contributed by atoms with Crippen molar-refractivity contribution >= 4 is 11.4 Å². The summed E-state index contributed by atoms with van der Waals surface area (Å²) in [5, 5.41) is 14.6. The Kier molecular flexibility index (Phi) is 3.96. The van der Waals surface area contributed by atoms with Crippen LogP contribution < -0.4 is 10.1 Å². The van der Waals surface area contributed by atoms with Gasteiger partial charge in [-0.3, -0.25) is 10.1 Å². The van der Waals surface area contributed by atoms with Crippen LogP contribution in [0.3, 0.4) is 0 Å². The maximum Gasteiger partial charge on any atom is 0.333 e. The first-order valence-corrected chi connectivity index (χ1v) is 7.38. The van der Waals surface area contributed by atoms with Crippen molar-refractivity contribution in [3.8, 4) is 5.75 Å². The second-order valence-electron chi connectivity index (χ2n) is 5.73. The summed E-state index contributed by atoms with van der Waals surface area (Å²) in [6.07, 6.45) is 4.59. The Morgan fingerprint density at radius 2 is 2.19 bits per heavy atom. The highest BCUT2D eigenvalue weighted by atomic mass is 16.6. The minimum absolute atomic E-state index is 0.00876. The molecule has 6 heteroatoms. The molecule has 0 amide bonds. The first kappa shape index (κ1) is 14.1. The van der Waals surface area contributed by atoms with Gasteiger partial charge in [-0.2, -0.15) is 0 Å². The van der Waals surface area contributed by atoms with E-state index in [0.717, 1.165) is 19.4 Å². The van der Waals surface area contributed by atoms with Gasteiger partial charge in [0.05, 0.1) is 18.1 Å². The molecule has 1 heterocycles. The highest BCUT2D eigenvalue weighted by Gasteiger charge is 2.36. The van der Waals surface area contributed by atoms with E-state index in [2.05, 4.69) is 5.32 Å². The molecule has 0 spiro atoms. The number of benzene rings is 1. The zero-order valence-electron chi connectivity index (χ0n) is 12.1. The predicted octanol–water partition coefficient (Wildman–Crippen LogP) is 2.97. The average molecular weight is 292 g/mol. The fraction of sp³-hybridized carbons (Fsp3) is 0.600. The Labute approximate surface area is 123 Å². The summed E-state index contributed by atoms with van der Waals surface area (Å²) in [6.45, 7) is 0.719. The van der Waals surface area contributed by atoms with Gasteiger partial charge < -0.3 is 14.8 Å². The summed E-state index contributed by atoms with van der Waals surface area (Å²) >= 11 is 0. The molecule has 2 unspecified atom stereocenters. The summed E-state index contributed by atoms with van der Waals surface area (Å²) in [6, 6.07) is 5.34. The van der Waals surface area contributed by atoms with Crippen molar-refractivity contribution < 1.29 is 14.4 Å². The van der Waals surface area contributed by atoms with E-state index >= 15 is 0 Å². The zero-order valence-corrected chi connectivity index (χ0v) is 12.1. The molecule has 1 N–H and O–H groups in total. The fourth-order valence-electron chi connectivity index (χ4n) is 2.97. The smallest absolute Gasteiger partial charge is 0.333 e. The van der Waals surface area contributed by atoms with Gasteiger partial charge in [0.25, 0.3) is 0 Å². The van der Waals surface area contributed by atoms with Crippen LogP contribution >= 0.6 is 0 Å². The van der Waals surface area contributed by atoms with Crippen LogP contribution in [0.5, 0.6) is 5.75 Å². The van der Waals surface area contributed by atoms with E-state index in [1.807, 2.05) is 0 Å². The number of anilines is 1. The lowest BCUT2D eigenvalue weighted by molar-refractivity contribution is -0.384. The van der Waals surface area contributed by atoms with Crippen molar-refractivity contribution in [3.63, 3.8) is 0 Å². The highest BCUT2D eigenvalue weighted by Crippen LogP contribution is 2.40. The quantitative estimate of drug-likeness (QED) is 0.667. The SMILES string of the molecule is COc1cccc(NC2CCOC(C3CC3)C2)c1[N+](=O)[O-]. The van der Waals surface area contributed by atoms with Crippen LogP contribution in [0, 0.1) is 16.0 Å². The summed E-state index contributed by atoms with van der Waals surface area (Å²) in [5.41, 5.74) is 0.537. The maximum atomic E-state index is 11.3. The van der Waals surface area contributed by atoms with E-state index in [0.29, 0.717) is 17.7 Å². The Balaban J connectivity index is 1.76. The van der Waals surface area contributed by atoms with Gasteiger partial charge in [0.15, 0.2) is 5.75 Å². The van der Waals surface area contributed by atoms with Crippen molar-refractivity contribution in [2.24, 2.45) is 5.92 Å². The van der Waals surface area contributed by atoms with E-state index in [4.69, 9.17) is 9.47 Å². The summed E-state index contributed by atoms with van der Waals surface area (Å²) < 4.78 is 10.9. The molecule has 2 atom stereocenters. The van der Waals surface area contributed by atoms with Crippen molar-refractivity contribution in [2.75, 3.05) is 19.0 Å². The Hall–Kier alpha value is -1.82. The molecule has 2 fully saturated rings. The van der Waals surface area contributed by atoms with Gasteiger partial charge in [-0.25, -0.2) is 0 Å². The van der Waals surface area contributed by atoms with E-state index < -0.39 is 4.92 Å². The average Bonchev–Trinajstić information content (AvgIpc) is 3.31. The molecule has 114 valence electrons. The monoisotopic (exact) mass is 292 g/mol. The van der Waals surface area contributed by atoms with Crippen molar-refractivity contribution in [2.45, 2.75) is 37.8 Å². The molecule has 6 nitrogen and oxygen atoms in total. The lowest BCUT2D eigenvalue weighted by atomic mass is 9.99. The number of nitro benzene ring substituents is 1. The first-order chi connectivity index (χ1) is 10.2. The second-order valence-corrected chi connectivity index (χ2v) is 5.73. The summed E-state index contributed by atoms with van der Waals surface area (Å²) in [4.78, 5) is 10.9. The first-order valence-electron chi connectivity index (χ1n) is 7.38. The molecule has 1 aliphatic heterocycles. The van der Waals surface area contributed by atoms with Crippen LogP contribution in [0.2, 0.25) is 0 Å². The van der Waals surface area contributed by atoms with Crippen LogP contribution in [-0.4, -0.2) is 30.8 Å². The lowest BCUT2D eigenvalue weighted by Gasteiger charge is -2.30. The van der Waals surface area contributed by atoms with Gasteiger partial charge >= 0.3 is 5.69 Å². The zero-order chi connectivity index (χ0) is 14.8. The molecule has 1 aromatic rings. The Bertz CT molecular complexity index is 530. The molecule has 0 radical (unpaired) electrons. The number of nitrogens with zero attached hydrogens (tertiary/aromatic N) is 1. The van der Waals surface area contributed by atoms with Crippen LogP contribution in [0.1, 0.15) is 25.7 Å². The Morgan fingerprint density at radius 3 is 2.86 bits per heavy atom. The largest absolute Gasteiger partial charge is 0.490 e. The number of hydrogen-bond donors (Lipinski definition) is 1. The molecule has 1 aliphatic carbocycles. The van der Waals surface area contributed by atoms with Crippen molar-refractivity contribution in [3.05, 3.63) is 28.3 Å². The molecule has 1 aromatic carbocycles. The van der Waals surface area contributed by atoms with Gasteiger partial charge in [-0.15, -0.1) is 0 Å². The summed E-state index contributed by atoms with van der Waals surface area (Å²) in [7, 11) is 1.45. The second kappa shape index (κ2) is 5.89. The number of methoxy groups -OCH3 is 1. The standard InChI is InChI=1S/C15H20N2O4/c1-20-13-4-2-3-12(15(13)17(18)19)16-11-7-8-21-14(9-11)10-5-6-10/h2-4,10-11,14,16H,5-9H2,1H3. The fourth-order valence-corrected chi connectivity index (χ4v) is 2.97.